The smallest absolute Gasteiger partial charge is 0.229 e. The fraction of sp³-hybridized carbons (Fsp3) is 0.600. The number of rotatable bonds is 4. The molecule has 1 atom stereocenters. The first-order valence-electron chi connectivity index (χ1n) is 7.38. The maximum atomic E-state index is 13.0. The number of aryl methyl sites for hydroxylation is 3. The van der Waals surface area contributed by atoms with Gasteiger partial charge in [-0.05, 0) is 38.3 Å². The van der Waals surface area contributed by atoms with Crippen molar-refractivity contribution in [2.45, 2.75) is 45.1 Å². The van der Waals surface area contributed by atoms with Crippen molar-refractivity contribution in [2.24, 2.45) is 0 Å². The first-order valence-corrected chi connectivity index (χ1v) is 10.6. The number of hydrogen-bond donors (Lipinski definition) is 0. The SMILES string of the molecule is CCN([C@@H]1CCS(=O)(=O)C1)S(=O)(=O)c1c(C)cc(C)cc1C. The molecule has 0 amide bonds. The van der Waals surface area contributed by atoms with E-state index in [2.05, 4.69) is 0 Å². The van der Waals surface area contributed by atoms with Gasteiger partial charge in [0.05, 0.1) is 16.4 Å². The van der Waals surface area contributed by atoms with Gasteiger partial charge in [0.1, 0.15) is 0 Å². The number of hydrogen-bond acceptors (Lipinski definition) is 4. The van der Waals surface area contributed by atoms with E-state index >= 15 is 0 Å². The Hall–Kier alpha value is -0.920. The fourth-order valence-electron chi connectivity index (χ4n) is 3.32. The van der Waals surface area contributed by atoms with Crippen molar-refractivity contribution in [3.05, 3.63) is 28.8 Å². The minimum absolute atomic E-state index is 0.0650. The predicted octanol–water partition coefficient (Wildman–Crippen LogP) is 1.81. The molecular formula is C15H23NO4S2. The molecule has 1 aliphatic heterocycles. The van der Waals surface area contributed by atoms with Crippen LogP contribution in [0, 0.1) is 20.8 Å². The molecule has 1 fully saturated rings. The van der Waals surface area contributed by atoms with E-state index in [-0.39, 0.29) is 18.1 Å². The number of nitrogens with zero attached hydrogens (tertiary/aromatic N) is 1. The van der Waals surface area contributed by atoms with Crippen LogP contribution in [-0.2, 0) is 19.9 Å². The zero-order chi connectivity index (χ0) is 16.7. The van der Waals surface area contributed by atoms with Crippen LogP contribution >= 0.6 is 0 Å². The van der Waals surface area contributed by atoms with Crippen LogP contribution in [0.4, 0.5) is 0 Å². The molecule has 1 heterocycles. The van der Waals surface area contributed by atoms with Crippen LogP contribution < -0.4 is 0 Å². The van der Waals surface area contributed by atoms with Crippen molar-refractivity contribution in [3.63, 3.8) is 0 Å². The summed E-state index contributed by atoms with van der Waals surface area (Å²) in [5.41, 5.74) is 2.43. The zero-order valence-corrected chi connectivity index (χ0v) is 15.1. The van der Waals surface area contributed by atoms with Gasteiger partial charge in [-0.1, -0.05) is 24.6 Å². The summed E-state index contributed by atoms with van der Waals surface area (Å²) in [5.74, 6) is -0.0143. The topological polar surface area (TPSA) is 71.5 Å². The van der Waals surface area contributed by atoms with Gasteiger partial charge < -0.3 is 0 Å². The lowest BCUT2D eigenvalue weighted by Gasteiger charge is -2.27. The van der Waals surface area contributed by atoms with Gasteiger partial charge in [-0.15, -0.1) is 0 Å². The minimum atomic E-state index is -3.69. The van der Waals surface area contributed by atoms with Gasteiger partial charge in [-0.25, -0.2) is 16.8 Å². The minimum Gasteiger partial charge on any atom is -0.229 e. The normalized spacial score (nSPS) is 21.4. The Morgan fingerprint density at radius 1 is 1.18 bits per heavy atom. The Morgan fingerprint density at radius 3 is 2.14 bits per heavy atom. The Bertz CT molecular complexity index is 759. The zero-order valence-electron chi connectivity index (χ0n) is 13.5. The van der Waals surface area contributed by atoms with E-state index in [0.29, 0.717) is 22.4 Å². The van der Waals surface area contributed by atoms with Crippen LogP contribution in [0.1, 0.15) is 30.0 Å². The van der Waals surface area contributed by atoms with E-state index in [1.807, 2.05) is 19.1 Å². The van der Waals surface area contributed by atoms with Gasteiger partial charge in [0.2, 0.25) is 10.0 Å². The number of benzene rings is 1. The molecule has 0 aliphatic carbocycles. The lowest BCUT2D eigenvalue weighted by atomic mass is 10.1. The van der Waals surface area contributed by atoms with Crippen LogP contribution in [0.5, 0.6) is 0 Å². The molecule has 0 unspecified atom stereocenters. The Labute approximate surface area is 133 Å². The van der Waals surface area contributed by atoms with E-state index in [9.17, 15) is 16.8 Å². The van der Waals surface area contributed by atoms with Gasteiger partial charge in [0, 0.05) is 12.6 Å². The van der Waals surface area contributed by atoms with Crippen molar-refractivity contribution in [3.8, 4) is 0 Å². The Balaban J connectivity index is 2.49. The summed E-state index contributed by atoms with van der Waals surface area (Å²) < 4.78 is 50.8. The van der Waals surface area contributed by atoms with E-state index in [1.54, 1.807) is 20.8 Å². The summed E-state index contributed by atoms with van der Waals surface area (Å²) in [6.07, 6.45) is 0.374. The molecule has 0 radical (unpaired) electrons. The summed E-state index contributed by atoms with van der Waals surface area (Å²) in [6, 6.07) is 3.23. The highest BCUT2D eigenvalue weighted by Crippen LogP contribution is 2.29. The second-order valence-electron chi connectivity index (χ2n) is 5.99. The van der Waals surface area contributed by atoms with Crippen molar-refractivity contribution < 1.29 is 16.8 Å². The molecule has 0 spiro atoms. The van der Waals surface area contributed by atoms with Crippen LogP contribution in [0.25, 0.3) is 0 Å². The van der Waals surface area contributed by atoms with Crippen LogP contribution in [0.2, 0.25) is 0 Å². The van der Waals surface area contributed by atoms with E-state index in [4.69, 9.17) is 0 Å². The van der Waals surface area contributed by atoms with Crippen molar-refractivity contribution >= 4 is 19.9 Å². The van der Waals surface area contributed by atoms with E-state index in [0.717, 1.165) is 5.56 Å². The Morgan fingerprint density at radius 2 is 1.73 bits per heavy atom. The highest BCUT2D eigenvalue weighted by atomic mass is 32.2. The largest absolute Gasteiger partial charge is 0.243 e. The monoisotopic (exact) mass is 345 g/mol. The van der Waals surface area contributed by atoms with Crippen molar-refractivity contribution in [2.75, 3.05) is 18.1 Å². The third-order valence-corrected chi connectivity index (χ3v) is 8.18. The van der Waals surface area contributed by atoms with Crippen LogP contribution in [-0.4, -0.2) is 45.2 Å². The van der Waals surface area contributed by atoms with Gasteiger partial charge >= 0.3 is 0 Å². The average Bonchev–Trinajstić information content (AvgIpc) is 2.67. The van der Waals surface area contributed by atoms with E-state index in [1.165, 1.54) is 4.31 Å². The van der Waals surface area contributed by atoms with Gasteiger partial charge in [-0.2, -0.15) is 4.31 Å². The summed E-state index contributed by atoms with van der Waals surface area (Å²) in [7, 11) is -6.82. The first kappa shape index (κ1) is 17.4. The van der Waals surface area contributed by atoms with E-state index < -0.39 is 25.9 Å². The second kappa shape index (κ2) is 5.94. The molecule has 1 aromatic carbocycles. The molecule has 22 heavy (non-hydrogen) atoms. The van der Waals surface area contributed by atoms with Gasteiger partial charge in [0.25, 0.3) is 0 Å². The average molecular weight is 345 g/mol. The molecule has 0 saturated carbocycles. The Kier molecular flexibility index (Phi) is 4.71. The quantitative estimate of drug-likeness (QED) is 0.834. The second-order valence-corrected chi connectivity index (χ2v) is 10.0. The summed E-state index contributed by atoms with van der Waals surface area (Å²) in [4.78, 5) is 0.309. The fourth-order valence-corrected chi connectivity index (χ4v) is 7.22. The molecule has 5 nitrogen and oxygen atoms in total. The highest BCUT2D eigenvalue weighted by Gasteiger charge is 2.38. The third kappa shape index (κ3) is 3.21. The van der Waals surface area contributed by atoms with Gasteiger partial charge in [0.15, 0.2) is 9.84 Å². The lowest BCUT2D eigenvalue weighted by molar-refractivity contribution is 0.354. The van der Waals surface area contributed by atoms with Crippen molar-refractivity contribution in [1.29, 1.82) is 0 Å². The third-order valence-electron chi connectivity index (χ3n) is 4.10. The molecule has 2 rings (SSSR count). The maximum absolute atomic E-state index is 13.0. The highest BCUT2D eigenvalue weighted by molar-refractivity contribution is 7.92. The van der Waals surface area contributed by atoms with Crippen LogP contribution in [0.15, 0.2) is 17.0 Å². The number of sulfone groups is 1. The predicted molar refractivity (Wildman–Crippen MR) is 87.3 cm³/mol. The molecule has 7 heteroatoms. The molecule has 0 bridgehead atoms. The molecular weight excluding hydrogens is 322 g/mol. The van der Waals surface area contributed by atoms with Gasteiger partial charge in [-0.3, -0.25) is 0 Å². The lowest BCUT2D eigenvalue weighted by Crippen LogP contribution is -2.41. The molecule has 1 aliphatic rings. The molecule has 124 valence electrons. The molecule has 1 saturated heterocycles. The summed E-state index contributed by atoms with van der Waals surface area (Å²) in [6.45, 7) is 7.52. The molecule has 1 aromatic rings. The molecule has 0 N–H and O–H groups in total. The van der Waals surface area contributed by atoms with Crippen molar-refractivity contribution in [1.82, 2.24) is 4.31 Å². The summed E-state index contributed by atoms with van der Waals surface area (Å²) in [5, 5.41) is 0. The summed E-state index contributed by atoms with van der Waals surface area (Å²) >= 11 is 0. The standard InChI is InChI=1S/C15H23NO4S2/c1-5-16(14-6-7-21(17,18)10-14)22(19,20)15-12(3)8-11(2)9-13(15)4/h8-9,14H,5-7,10H2,1-4H3/t14-/m1/s1. The maximum Gasteiger partial charge on any atom is 0.243 e. The van der Waals surface area contributed by atoms with Crippen LogP contribution in [0.3, 0.4) is 0 Å². The molecule has 0 aromatic heterocycles. The first-order chi connectivity index (χ1) is 10.1. The number of sulfonamides is 1.